The number of hydrogen-bond acceptors (Lipinski definition) is 8. The zero-order valence-electron chi connectivity index (χ0n) is 24.7. The summed E-state index contributed by atoms with van der Waals surface area (Å²) in [6.07, 6.45) is 5.44. The molecule has 0 aliphatic heterocycles. The van der Waals surface area contributed by atoms with E-state index >= 15 is 4.39 Å². The summed E-state index contributed by atoms with van der Waals surface area (Å²) in [6.45, 7) is 3.64. The second kappa shape index (κ2) is 14.5. The highest BCUT2D eigenvalue weighted by atomic mass is 19.1. The molecular weight excluding hydrogens is 574 g/mol. The highest BCUT2D eigenvalue weighted by molar-refractivity contribution is 6.30. The summed E-state index contributed by atoms with van der Waals surface area (Å²) in [5, 5.41) is 2.46. The van der Waals surface area contributed by atoms with Crippen LogP contribution >= 0.6 is 0 Å². The maximum absolute atomic E-state index is 15.2. The van der Waals surface area contributed by atoms with Crippen LogP contribution in [0.3, 0.4) is 0 Å². The Bertz CT molecular complexity index is 1610. The molecule has 0 aliphatic carbocycles. The van der Waals surface area contributed by atoms with Crippen LogP contribution in [-0.2, 0) is 14.4 Å². The number of aromatic nitrogens is 1. The molecule has 3 rings (SSSR count). The van der Waals surface area contributed by atoms with E-state index in [0.29, 0.717) is 4.90 Å². The van der Waals surface area contributed by atoms with Gasteiger partial charge in [-0.2, -0.15) is 0 Å². The third kappa shape index (κ3) is 8.03. The zero-order chi connectivity index (χ0) is 32.6. The molecule has 0 bridgehead atoms. The van der Waals surface area contributed by atoms with Crippen molar-refractivity contribution in [3.05, 3.63) is 95.6 Å². The number of anilines is 2. The van der Waals surface area contributed by atoms with Crippen LogP contribution in [-0.4, -0.2) is 66.1 Å². The minimum Gasteiger partial charge on any atom is -0.452 e. The lowest BCUT2D eigenvalue weighted by molar-refractivity contribution is -0.121. The number of halogens is 2. The van der Waals surface area contributed by atoms with Gasteiger partial charge in [0, 0.05) is 51.3 Å². The van der Waals surface area contributed by atoms with E-state index in [0.717, 1.165) is 18.2 Å². The highest BCUT2D eigenvalue weighted by Crippen LogP contribution is 2.30. The maximum Gasteiger partial charge on any atom is 0.271 e. The van der Waals surface area contributed by atoms with Crippen LogP contribution in [0.5, 0.6) is 11.5 Å². The Morgan fingerprint density at radius 2 is 1.68 bits per heavy atom. The number of hydrogen-bond donors (Lipinski definition) is 2. The van der Waals surface area contributed by atoms with Crippen LogP contribution in [0.1, 0.15) is 29.9 Å². The third-order valence-electron chi connectivity index (χ3n) is 6.25. The predicted octanol–water partition coefficient (Wildman–Crippen LogP) is 4.14. The Balaban J connectivity index is 1.91. The Kier molecular flexibility index (Phi) is 10.9. The SMILES string of the molecule is CC(C)N(C)/C=C(/C(=O)Nc1ccc(Oc2cc(C(=O)N(C)C)cnc2C=CN)c(F)c1)C(=O)N(C=O)c1ccc(F)cc1. The molecular formula is C31H32F2N6O5. The molecule has 0 spiro atoms. The molecule has 0 unspecified atom stereocenters. The van der Waals surface area contributed by atoms with Gasteiger partial charge >= 0.3 is 0 Å². The summed E-state index contributed by atoms with van der Waals surface area (Å²) in [6, 6.07) is 9.38. The molecule has 0 radical (unpaired) electrons. The maximum atomic E-state index is 15.2. The van der Waals surface area contributed by atoms with E-state index in [1.807, 2.05) is 13.8 Å². The fraction of sp³-hybridized carbons (Fsp3) is 0.194. The van der Waals surface area contributed by atoms with Crippen molar-refractivity contribution >= 4 is 41.6 Å². The Morgan fingerprint density at radius 1 is 1.00 bits per heavy atom. The molecule has 0 atom stereocenters. The topological polar surface area (TPSA) is 138 Å². The molecule has 0 saturated heterocycles. The summed E-state index contributed by atoms with van der Waals surface area (Å²) < 4.78 is 34.4. The normalized spacial score (nSPS) is 11.3. The molecule has 0 saturated carbocycles. The quantitative estimate of drug-likeness (QED) is 0.144. The minimum atomic E-state index is -0.989. The number of amides is 4. The van der Waals surface area contributed by atoms with Crippen molar-refractivity contribution in [2.45, 2.75) is 19.9 Å². The number of nitrogens with two attached hydrogens (primary N) is 1. The molecule has 1 aromatic heterocycles. The number of benzene rings is 2. The van der Waals surface area contributed by atoms with Crippen molar-refractivity contribution in [3.63, 3.8) is 0 Å². The van der Waals surface area contributed by atoms with Crippen LogP contribution in [0.2, 0.25) is 0 Å². The van der Waals surface area contributed by atoms with Gasteiger partial charge < -0.3 is 25.6 Å². The molecule has 0 aliphatic rings. The zero-order valence-corrected chi connectivity index (χ0v) is 24.7. The van der Waals surface area contributed by atoms with Gasteiger partial charge in [-0.05, 0) is 68.6 Å². The van der Waals surface area contributed by atoms with Gasteiger partial charge in [0.15, 0.2) is 17.3 Å². The Hall–Kier alpha value is -5.59. The van der Waals surface area contributed by atoms with Gasteiger partial charge in [0.1, 0.15) is 17.1 Å². The predicted molar refractivity (Wildman–Crippen MR) is 162 cm³/mol. The van der Waals surface area contributed by atoms with Crippen molar-refractivity contribution in [3.8, 4) is 11.5 Å². The Labute approximate surface area is 253 Å². The minimum absolute atomic E-state index is 0.0260. The number of imide groups is 1. The third-order valence-corrected chi connectivity index (χ3v) is 6.25. The van der Waals surface area contributed by atoms with E-state index in [9.17, 15) is 23.6 Å². The molecule has 4 amide bonds. The van der Waals surface area contributed by atoms with Crippen molar-refractivity contribution in [2.24, 2.45) is 5.73 Å². The molecule has 3 aromatic rings. The summed E-state index contributed by atoms with van der Waals surface area (Å²) in [4.78, 5) is 58.7. The molecule has 44 heavy (non-hydrogen) atoms. The number of ether oxygens (including phenoxy) is 1. The number of nitrogens with one attached hydrogen (secondary N) is 1. The molecule has 11 nitrogen and oxygen atoms in total. The molecule has 230 valence electrons. The average molecular weight is 607 g/mol. The molecule has 1 heterocycles. The highest BCUT2D eigenvalue weighted by Gasteiger charge is 2.27. The summed E-state index contributed by atoms with van der Waals surface area (Å²) >= 11 is 0. The van der Waals surface area contributed by atoms with Gasteiger partial charge in [0.2, 0.25) is 6.41 Å². The van der Waals surface area contributed by atoms with Crippen molar-refractivity contribution < 1.29 is 32.7 Å². The fourth-order valence-corrected chi connectivity index (χ4v) is 3.63. The van der Waals surface area contributed by atoms with Gasteiger partial charge in [-0.25, -0.2) is 13.7 Å². The van der Waals surface area contributed by atoms with Crippen molar-refractivity contribution in [2.75, 3.05) is 31.4 Å². The second-order valence-electron chi connectivity index (χ2n) is 9.93. The van der Waals surface area contributed by atoms with Gasteiger partial charge in [-0.15, -0.1) is 0 Å². The van der Waals surface area contributed by atoms with E-state index < -0.39 is 29.0 Å². The van der Waals surface area contributed by atoms with Crippen molar-refractivity contribution in [1.82, 2.24) is 14.8 Å². The van der Waals surface area contributed by atoms with Crippen molar-refractivity contribution in [1.29, 1.82) is 0 Å². The summed E-state index contributed by atoms with van der Waals surface area (Å²) in [5.41, 5.74) is 5.50. The first-order valence-electron chi connectivity index (χ1n) is 13.2. The fourth-order valence-electron chi connectivity index (χ4n) is 3.63. The van der Waals surface area contributed by atoms with E-state index in [-0.39, 0.29) is 52.5 Å². The Morgan fingerprint density at radius 3 is 2.25 bits per heavy atom. The second-order valence-corrected chi connectivity index (χ2v) is 9.93. The molecule has 13 heteroatoms. The van der Waals surface area contributed by atoms with Crippen LogP contribution < -0.4 is 20.7 Å². The molecule has 2 aromatic carbocycles. The van der Waals surface area contributed by atoms with Gasteiger partial charge in [-0.1, -0.05) is 0 Å². The lowest BCUT2D eigenvalue weighted by atomic mass is 10.1. The van der Waals surface area contributed by atoms with Gasteiger partial charge in [0.05, 0.1) is 11.3 Å². The first-order valence-corrected chi connectivity index (χ1v) is 13.2. The number of rotatable bonds is 11. The monoisotopic (exact) mass is 606 g/mol. The summed E-state index contributed by atoms with van der Waals surface area (Å²) in [5.74, 6) is -3.92. The smallest absolute Gasteiger partial charge is 0.271 e. The first-order chi connectivity index (χ1) is 20.9. The van der Waals surface area contributed by atoms with Crippen LogP contribution in [0.4, 0.5) is 20.2 Å². The van der Waals surface area contributed by atoms with Crippen LogP contribution in [0.15, 0.2) is 72.7 Å². The van der Waals surface area contributed by atoms with E-state index in [1.165, 1.54) is 59.9 Å². The van der Waals surface area contributed by atoms with Gasteiger partial charge in [-0.3, -0.25) is 24.2 Å². The average Bonchev–Trinajstić information content (AvgIpc) is 2.98. The number of carbonyl (C=O) groups is 4. The van der Waals surface area contributed by atoms with E-state index in [2.05, 4.69) is 10.3 Å². The standard InChI is InChI=1S/C31H32F2N6O5/c1-19(2)38(5)17-24(31(43)39(18-40)23-9-6-21(32)7-10-23)29(41)36-22-8-11-27(25(33)15-22)44-28-14-20(30(42)37(3)4)16-35-26(28)12-13-34/h6-19H,34H2,1-5H3,(H,36,41)/b13-12?,24-17-. The summed E-state index contributed by atoms with van der Waals surface area (Å²) in [7, 11) is 4.76. The van der Waals surface area contributed by atoms with E-state index in [4.69, 9.17) is 10.5 Å². The van der Waals surface area contributed by atoms with Crippen LogP contribution in [0, 0.1) is 11.6 Å². The number of nitrogens with zero attached hydrogens (tertiary/aromatic N) is 4. The largest absolute Gasteiger partial charge is 0.452 e. The number of pyridine rings is 1. The lowest BCUT2D eigenvalue weighted by Crippen LogP contribution is -2.36. The van der Waals surface area contributed by atoms with Gasteiger partial charge in [0.25, 0.3) is 17.7 Å². The van der Waals surface area contributed by atoms with E-state index in [1.54, 1.807) is 26.0 Å². The lowest BCUT2D eigenvalue weighted by Gasteiger charge is -2.22. The van der Waals surface area contributed by atoms with Crippen LogP contribution in [0.25, 0.3) is 6.08 Å². The molecule has 3 N–H and O–H groups in total. The molecule has 0 fully saturated rings. The number of carbonyl (C=O) groups excluding carboxylic acids is 4. The first kappa shape index (κ1) is 32.9.